The zero-order valence-corrected chi connectivity index (χ0v) is 12.5. The third-order valence-electron chi connectivity index (χ3n) is 2.33. The molecule has 0 saturated carbocycles. The Bertz CT molecular complexity index is 510. The van der Waals surface area contributed by atoms with Crippen molar-refractivity contribution in [3.8, 4) is 0 Å². The molecule has 104 valence electrons. The summed E-state index contributed by atoms with van der Waals surface area (Å²) in [5.74, 6) is -2.59. The van der Waals surface area contributed by atoms with E-state index >= 15 is 0 Å². The van der Waals surface area contributed by atoms with Gasteiger partial charge in [-0.3, -0.25) is 9.59 Å². The highest BCUT2D eigenvalue weighted by Crippen LogP contribution is 2.25. The second-order valence-electron chi connectivity index (χ2n) is 3.87. The van der Waals surface area contributed by atoms with E-state index in [0.717, 1.165) is 4.90 Å². The molecule has 1 rings (SSSR count). The largest absolute Gasteiger partial charge is 0.480 e. The van der Waals surface area contributed by atoms with Gasteiger partial charge in [0.2, 0.25) is 0 Å². The molecular formula is C12H12BrClFNO3. The Kier molecular flexibility index (Phi) is 5.75. The molecule has 0 aromatic heterocycles. The molecule has 0 aliphatic rings. The molecule has 4 nitrogen and oxygen atoms in total. The van der Waals surface area contributed by atoms with Crippen LogP contribution in [0.4, 0.5) is 4.39 Å². The fraction of sp³-hybridized carbons (Fsp3) is 0.333. The Morgan fingerprint density at radius 3 is 2.63 bits per heavy atom. The lowest BCUT2D eigenvalue weighted by molar-refractivity contribution is -0.137. The first-order valence-electron chi connectivity index (χ1n) is 5.52. The topological polar surface area (TPSA) is 57.6 Å². The van der Waals surface area contributed by atoms with Crippen molar-refractivity contribution in [2.45, 2.75) is 13.3 Å². The summed E-state index contributed by atoms with van der Waals surface area (Å²) >= 11 is 8.73. The number of carbonyl (C=O) groups excluding carboxylic acids is 1. The first kappa shape index (κ1) is 15.9. The van der Waals surface area contributed by atoms with Gasteiger partial charge in [0.15, 0.2) is 0 Å². The van der Waals surface area contributed by atoms with Crippen LogP contribution in [0.5, 0.6) is 0 Å². The van der Waals surface area contributed by atoms with Crippen molar-refractivity contribution >= 4 is 39.4 Å². The Morgan fingerprint density at radius 2 is 2.11 bits per heavy atom. The van der Waals surface area contributed by atoms with Crippen LogP contribution in [-0.4, -0.2) is 35.0 Å². The highest BCUT2D eigenvalue weighted by atomic mass is 79.9. The van der Waals surface area contributed by atoms with Gasteiger partial charge in [0.1, 0.15) is 12.4 Å². The highest BCUT2D eigenvalue weighted by Gasteiger charge is 2.22. The number of carboxylic acid groups (broad SMARTS) is 1. The smallest absolute Gasteiger partial charge is 0.323 e. The van der Waals surface area contributed by atoms with Crippen molar-refractivity contribution in [2.24, 2.45) is 0 Å². The number of rotatable bonds is 5. The monoisotopic (exact) mass is 351 g/mol. The summed E-state index contributed by atoms with van der Waals surface area (Å²) in [4.78, 5) is 23.9. The molecule has 0 aliphatic heterocycles. The standard InChI is InChI=1S/C12H12BrClFNO3/c1-2-3-16(6-10(17)18)12(19)8-4-7(14)5-9(13)11(8)15/h4-5H,2-3,6H2,1H3,(H,17,18). The van der Waals surface area contributed by atoms with E-state index in [2.05, 4.69) is 15.9 Å². The van der Waals surface area contributed by atoms with Gasteiger partial charge in [-0.25, -0.2) is 4.39 Å². The average molecular weight is 353 g/mol. The number of carbonyl (C=O) groups is 2. The van der Waals surface area contributed by atoms with Gasteiger partial charge in [-0.15, -0.1) is 0 Å². The minimum Gasteiger partial charge on any atom is -0.480 e. The number of halogens is 3. The summed E-state index contributed by atoms with van der Waals surface area (Å²) in [6.45, 7) is 1.55. The van der Waals surface area contributed by atoms with E-state index in [-0.39, 0.29) is 21.6 Å². The van der Waals surface area contributed by atoms with Crippen LogP contribution in [0, 0.1) is 5.82 Å². The number of amides is 1. The number of hydrogen-bond acceptors (Lipinski definition) is 2. The van der Waals surface area contributed by atoms with E-state index in [0.29, 0.717) is 6.42 Å². The fourth-order valence-corrected chi connectivity index (χ4v) is 2.38. The zero-order valence-electron chi connectivity index (χ0n) is 10.1. The number of hydrogen-bond donors (Lipinski definition) is 1. The fourth-order valence-electron chi connectivity index (χ4n) is 1.57. The van der Waals surface area contributed by atoms with Crippen molar-refractivity contribution in [1.29, 1.82) is 0 Å². The molecule has 0 bridgehead atoms. The molecule has 0 aliphatic carbocycles. The Labute approximate surface area is 123 Å². The molecule has 0 spiro atoms. The lowest BCUT2D eigenvalue weighted by atomic mass is 10.1. The van der Waals surface area contributed by atoms with Crippen LogP contribution in [-0.2, 0) is 4.79 Å². The van der Waals surface area contributed by atoms with Crippen molar-refractivity contribution in [2.75, 3.05) is 13.1 Å². The Hall–Kier alpha value is -1.14. The van der Waals surface area contributed by atoms with Gasteiger partial charge >= 0.3 is 5.97 Å². The van der Waals surface area contributed by atoms with E-state index in [1.807, 2.05) is 0 Å². The summed E-state index contributed by atoms with van der Waals surface area (Å²) in [5.41, 5.74) is -0.242. The van der Waals surface area contributed by atoms with Crippen LogP contribution in [0.3, 0.4) is 0 Å². The highest BCUT2D eigenvalue weighted by molar-refractivity contribution is 9.10. The summed E-state index contributed by atoms with van der Waals surface area (Å²) < 4.78 is 13.9. The van der Waals surface area contributed by atoms with Gasteiger partial charge in [0.05, 0.1) is 10.0 Å². The predicted molar refractivity (Wildman–Crippen MR) is 72.9 cm³/mol. The van der Waals surface area contributed by atoms with E-state index in [1.54, 1.807) is 6.92 Å². The Balaban J connectivity index is 3.12. The zero-order chi connectivity index (χ0) is 14.6. The first-order chi connectivity index (χ1) is 8.86. The molecule has 0 radical (unpaired) electrons. The van der Waals surface area contributed by atoms with E-state index in [1.165, 1.54) is 12.1 Å². The van der Waals surface area contributed by atoms with Crippen LogP contribution in [0.1, 0.15) is 23.7 Å². The summed E-state index contributed by atoms with van der Waals surface area (Å²) in [7, 11) is 0. The predicted octanol–water partition coefficient (Wildman–Crippen LogP) is 3.18. The van der Waals surface area contributed by atoms with Crippen LogP contribution < -0.4 is 0 Å². The number of nitrogens with zero attached hydrogens (tertiary/aromatic N) is 1. The molecule has 1 amide bonds. The van der Waals surface area contributed by atoms with E-state index in [4.69, 9.17) is 16.7 Å². The molecule has 0 atom stereocenters. The van der Waals surface area contributed by atoms with Crippen LogP contribution in [0.2, 0.25) is 5.02 Å². The quantitative estimate of drug-likeness (QED) is 0.828. The normalized spacial score (nSPS) is 10.3. The maximum absolute atomic E-state index is 13.9. The number of aliphatic carboxylic acids is 1. The molecular weight excluding hydrogens is 340 g/mol. The number of carboxylic acids is 1. The third kappa shape index (κ3) is 4.18. The second kappa shape index (κ2) is 6.86. The average Bonchev–Trinajstić information content (AvgIpc) is 2.32. The first-order valence-corrected chi connectivity index (χ1v) is 6.69. The van der Waals surface area contributed by atoms with Crippen molar-refractivity contribution in [1.82, 2.24) is 4.90 Å². The SMILES string of the molecule is CCCN(CC(=O)O)C(=O)c1cc(Cl)cc(Br)c1F. The molecule has 0 unspecified atom stereocenters. The van der Waals surface area contributed by atoms with Gasteiger partial charge in [0.25, 0.3) is 5.91 Å². The maximum Gasteiger partial charge on any atom is 0.323 e. The third-order valence-corrected chi connectivity index (χ3v) is 3.13. The van der Waals surface area contributed by atoms with Gasteiger partial charge < -0.3 is 10.0 Å². The van der Waals surface area contributed by atoms with Crippen LogP contribution in [0.15, 0.2) is 16.6 Å². The lowest BCUT2D eigenvalue weighted by Crippen LogP contribution is -2.36. The second-order valence-corrected chi connectivity index (χ2v) is 5.16. The van der Waals surface area contributed by atoms with E-state index < -0.39 is 24.2 Å². The number of benzene rings is 1. The molecule has 1 N–H and O–H groups in total. The van der Waals surface area contributed by atoms with Gasteiger partial charge in [-0.05, 0) is 34.5 Å². The molecule has 0 fully saturated rings. The van der Waals surface area contributed by atoms with Crippen molar-refractivity contribution in [3.63, 3.8) is 0 Å². The molecule has 0 saturated heterocycles. The minimum absolute atomic E-state index is 0.0649. The molecule has 1 aromatic carbocycles. The minimum atomic E-state index is -1.15. The van der Waals surface area contributed by atoms with Gasteiger partial charge in [-0.1, -0.05) is 18.5 Å². The summed E-state index contributed by atoms with van der Waals surface area (Å²) in [5, 5.41) is 8.96. The van der Waals surface area contributed by atoms with Crippen molar-refractivity contribution in [3.05, 3.63) is 33.0 Å². The van der Waals surface area contributed by atoms with Crippen molar-refractivity contribution < 1.29 is 19.1 Å². The van der Waals surface area contributed by atoms with Gasteiger partial charge in [0, 0.05) is 11.6 Å². The summed E-state index contributed by atoms with van der Waals surface area (Å²) in [6.07, 6.45) is 0.572. The van der Waals surface area contributed by atoms with E-state index in [9.17, 15) is 14.0 Å². The van der Waals surface area contributed by atoms with Crippen LogP contribution >= 0.6 is 27.5 Å². The molecule has 0 heterocycles. The maximum atomic E-state index is 13.9. The van der Waals surface area contributed by atoms with Gasteiger partial charge in [-0.2, -0.15) is 0 Å². The Morgan fingerprint density at radius 1 is 1.47 bits per heavy atom. The van der Waals surface area contributed by atoms with Crippen LogP contribution in [0.25, 0.3) is 0 Å². The molecule has 19 heavy (non-hydrogen) atoms. The molecule has 1 aromatic rings. The summed E-state index contributed by atoms with van der Waals surface area (Å²) in [6, 6.07) is 2.52. The molecule has 7 heteroatoms. The lowest BCUT2D eigenvalue weighted by Gasteiger charge is -2.20.